The molecule has 1 aliphatic rings. The number of hydrogen-bond acceptors (Lipinski definition) is 2. The van der Waals surface area contributed by atoms with Gasteiger partial charge in [0.15, 0.2) is 0 Å². The van der Waals surface area contributed by atoms with Crippen LogP contribution >= 0.6 is 0 Å². The maximum absolute atomic E-state index is 13.0. The van der Waals surface area contributed by atoms with Gasteiger partial charge in [-0.2, -0.15) is 0 Å². The Hall–Kier alpha value is -0.930. The van der Waals surface area contributed by atoms with Gasteiger partial charge in [-0.15, -0.1) is 0 Å². The zero-order chi connectivity index (χ0) is 12.3. The van der Waals surface area contributed by atoms with Crippen molar-refractivity contribution in [3.63, 3.8) is 0 Å². The van der Waals surface area contributed by atoms with E-state index in [4.69, 9.17) is 10.5 Å². The fourth-order valence-electron chi connectivity index (χ4n) is 2.45. The third-order valence-corrected chi connectivity index (χ3v) is 3.45. The van der Waals surface area contributed by atoms with Gasteiger partial charge in [0.25, 0.3) is 0 Å². The smallest absolute Gasteiger partial charge is 0.123 e. The van der Waals surface area contributed by atoms with Crippen LogP contribution in [0.25, 0.3) is 0 Å². The fraction of sp³-hybridized carbons (Fsp3) is 0.571. The highest BCUT2D eigenvalue weighted by molar-refractivity contribution is 5.29. The molecule has 1 fully saturated rings. The highest BCUT2D eigenvalue weighted by atomic mass is 19.1. The molecule has 2 nitrogen and oxygen atoms in total. The van der Waals surface area contributed by atoms with E-state index in [1.165, 1.54) is 6.07 Å². The number of aryl methyl sites for hydroxylation is 1. The van der Waals surface area contributed by atoms with Gasteiger partial charge in [-0.05, 0) is 55.9 Å². The molecule has 0 spiro atoms. The number of rotatable bonds is 4. The van der Waals surface area contributed by atoms with Gasteiger partial charge in [-0.25, -0.2) is 4.39 Å². The third-order valence-electron chi connectivity index (χ3n) is 3.45. The Balaban J connectivity index is 1.91. The summed E-state index contributed by atoms with van der Waals surface area (Å²) < 4.78 is 18.6. The van der Waals surface area contributed by atoms with Crippen molar-refractivity contribution in [2.75, 3.05) is 6.61 Å². The summed E-state index contributed by atoms with van der Waals surface area (Å²) in [5.41, 5.74) is 8.13. The molecular formula is C14H20FNO. The largest absolute Gasteiger partial charge is 0.378 e. The number of nitrogens with two attached hydrogens (primary N) is 1. The van der Waals surface area contributed by atoms with Crippen LogP contribution in [0.3, 0.4) is 0 Å². The molecule has 0 aliphatic carbocycles. The van der Waals surface area contributed by atoms with Crippen LogP contribution in [-0.4, -0.2) is 12.7 Å². The summed E-state index contributed by atoms with van der Waals surface area (Å²) in [4.78, 5) is 0. The van der Waals surface area contributed by atoms with Crippen LogP contribution in [0.4, 0.5) is 4.39 Å². The Morgan fingerprint density at radius 3 is 3.00 bits per heavy atom. The van der Waals surface area contributed by atoms with Crippen LogP contribution in [-0.2, 0) is 4.74 Å². The second-order valence-electron chi connectivity index (χ2n) is 4.82. The minimum absolute atomic E-state index is 0.0141. The lowest BCUT2D eigenvalue weighted by molar-refractivity contribution is 0.101. The number of hydrogen-bond donors (Lipinski definition) is 1. The predicted molar refractivity (Wildman–Crippen MR) is 66.3 cm³/mol. The normalized spacial score (nSPS) is 21.7. The summed E-state index contributed by atoms with van der Waals surface area (Å²) >= 11 is 0. The molecule has 0 aromatic heterocycles. The molecule has 0 saturated carbocycles. The molecule has 2 unspecified atom stereocenters. The predicted octanol–water partition coefficient (Wildman–Crippen LogP) is 3.09. The van der Waals surface area contributed by atoms with Gasteiger partial charge in [0.05, 0.1) is 6.10 Å². The van der Waals surface area contributed by atoms with Crippen LogP contribution in [0.2, 0.25) is 0 Å². The minimum Gasteiger partial charge on any atom is -0.378 e. The Labute approximate surface area is 102 Å². The van der Waals surface area contributed by atoms with Crippen molar-refractivity contribution in [1.29, 1.82) is 0 Å². The molecule has 2 rings (SSSR count). The monoisotopic (exact) mass is 237 g/mol. The molecule has 1 heterocycles. The number of ether oxygens (including phenoxy) is 1. The summed E-state index contributed by atoms with van der Waals surface area (Å²) in [6.45, 7) is 2.79. The van der Waals surface area contributed by atoms with Crippen LogP contribution in [0, 0.1) is 12.7 Å². The first kappa shape index (κ1) is 12.5. The van der Waals surface area contributed by atoms with E-state index in [0.29, 0.717) is 6.10 Å². The zero-order valence-corrected chi connectivity index (χ0v) is 10.3. The van der Waals surface area contributed by atoms with Gasteiger partial charge in [0.1, 0.15) is 5.82 Å². The van der Waals surface area contributed by atoms with Crippen molar-refractivity contribution >= 4 is 0 Å². The van der Waals surface area contributed by atoms with Crippen molar-refractivity contribution in [2.45, 2.75) is 44.8 Å². The van der Waals surface area contributed by atoms with E-state index in [0.717, 1.165) is 43.4 Å². The summed E-state index contributed by atoms with van der Waals surface area (Å²) in [7, 11) is 0. The van der Waals surface area contributed by atoms with E-state index >= 15 is 0 Å². The Morgan fingerprint density at radius 2 is 2.35 bits per heavy atom. The van der Waals surface area contributed by atoms with Crippen molar-refractivity contribution in [3.05, 3.63) is 35.1 Å². The molecule has 0 bridgehead atoms. The molecular weight excluding hydrogens is 217 g/mol. The summed E-state index contributed by atoms with van der Waals surface area (Å²) in [6.07, 6.45) is 4.58. The molecule has 1 saturated heterocycles. The molecule has 94 valence electrons. The Kier molecular flexibility index (Phi) is 4.13. The second-order valence-corrected chi connectivity index (χ2v) is 4.82. The van der Waals surface area contributed by atoms with Crippen molar-refractivity contribution in [1.82, 2.24) is 0 Å². The second kappa shape index (κ2) is 5.61. The van der Waals surface area contributed by atoms with Gasteiger partial charge in [-0.3, -0.25) is 0 Å². The van der Waals surface area contributed by atoms with Gasteiger partial charge in [-0.1, -0.05) is 6.07 Å². The number of benzene rings is 1. The Morgan fingerprint density at radius 1 is 1.53 bits per heavy atom. The third kappa shape index (κ3) is 3.27. The molecule has 2 N–H and O–H groups in total. The molecule has 1 aromatic carbocycles. The van der Waals surface area contributed by atoms with Crippen LogP contribution in [0.1, 0.15) is 42.9 Å². The van der Waals surface area contributed by atoms with E-state index in [2.05, 4.69) is 0 Å². The molecule has 1 aliphatic heterocycles. The maximum Gasteiger partial charge on any atom is 0.123 e. The lowest BCUT2D eigenvalue weighted by atomic mass is 9.96. The van der Waals surface area contributed by atoms with Crippen LogP contribution in [0.5, 0.6) is 0 Å². The average molecular weight is 237 g/mol. The van der Waals surface area contributed by atoms with Gasteiger partial charge >= 0.3 is 0 Å². The molecule has 0 amide bonds. The average Bonchev–Trinajstić information content (AvgIpc) is 2.78. The first-order valence-corrected chi connectivity index (χ1v) is 6.30. The first-order chi connectivity index (χ1) is 8.16. The number of halogens is 1. The van der Waals surface area contributed by atoms with E-state index in [-0.39, 0.29) is 11.9 Å². The van der Waals surface area contributed by atoms with Crippen LogP contribution in [0.15, 0.2) is 18.2 Å². The Bertz CT molecular complexity index is 374. The lowest BCUT2D eigenvalue weighted by Gasteiger charge is -2.17. The quantitative estimate of drug-likeness (QED) is 0.873. The summed E-state index contributed by atoms with van der Waals surface area (Å²) in [6, 6.07) is 4.81. The van der Waals surface area contributed by atoms with Gasteiger partial charge < -0.3 is 10.5 Å². The van der Waals surface area contributed by atoms with Gasteiger partial charge in [0, 0.05) is 12.6 Å². The topological polar surface area (TPSA) is 35.2 Å². The maximum atomic E-state index is 13.0. The van der Waals surface area contributed by atoms with Crippen molar-refractivity contribution < 1.29 is 9.13 Å². The zero-order valence-electron chi connectivity index (χ0n) is 10.3. The van der Waals surface area contributed by atoms with Gasteiger partial charge in [0.2, 0.25) is 0 Å². The van der Waals surface area contributed by atoms with E-state index in [9.17, 15) is 4.39 Å². The lowest BCUT2D eigenvalue weighted by Crippen LogP contribution is -2.15. The molecule has 0 radical (unpaired) electrons. The molecule has 3 heteroatoms. The first-order valence-electron chi connectivity index (χ1n) is 6.30. The highest BCUT2D eigenvalue weighted by Crippen LogP contribution is 2.24. The fourth-order valence-corrected chi connectivity index (χ4v) is 2.45. The van der Waals surface area contributed by atoms with E-state index in [1.807, 2.05) is 6.92 Å². The van der Waals surface area contributed by atoms with Crippen molar-refractivity contribution in [3.8, 4) is 0 Å². The standard InChI is InChI=1S/C14H20FNO/c1-10-9-11(15)4-6-13(10)14(16)7-5-12-3-2-8-17-12/h4,6,9,12,14H,2-3,5,7-8,16H2,1H3. The van der Waals surface area contributed by atoms with Crippen molar-refractivity contribution in [2.24, 2.45) is 5.73 Å². The van der Waals surface area contributed by atoms with E-state index in [1.54, 1.807) is 12.1 Å². The molecule has 17 heavy (non-hydrogen) atoms. The molecule has 2 atom stereocenters. The van der Waals surface area contributed by atoms with E-state index < -0.39 is 0 Å². The van der Waals surface area contributed by atoms with Crippen LogP contribution < -0.4 is 5.73 Å². The highest BCUT2D eigenvalue weighted by Gasteiger charge is 2.17. The summed E-state index contributed by atoms with van der Waals surface area (Å²) in [5, 5.41) is 0. The summed E-state index contributed by atoms with van der Waals surface area (Å²) in [5.74, 6) is -0.197. The SMILES string of the molecule is Cc1cc(F)ccc1C(N)CCC1CCCO1. The minimum atomic E-state index is -0.197. The molecule has 1 aromatic rings.